The summed E-state index contributed by atoms with van der Waals surface area (Å²) in [4.78, 5) is 35.9. The van der Waals surface area contributed by atoms with Crippen molar-refractivity contribution in [3.63, 3.8) is 0 Å². The highest BCUT2D eigenvalue weighted by molar-refractivity contribution is 5.95. The van der Waals surface area contributed by atoms with E-state index in [1.165, 1.54) is 0 Å². The summed E-state index contributed by atoms with van der Waals surface area (Å²) in [5, 5.41) is 5.44. The predicted octanol–water partition coefficient (Wildman–Crippen LogP) is 0.493. The van der Waals surface area contributed by atoms with Gasteiger partial charge in [-0.05, 0) is 25.7 Å². The molecule has 1 aliphatic rings. The number of carbonyl (C=O) groups excluding carboxylic acids is 3. The van der Waals surface area contributed by atoms with E-state index in [0.717, 1.165) is 0 Å². The van der Waals surface area contributed by atoms with Gasteiger partial charge in [-0.15, -0.1) is 0 Å². The fraction of sp³-hybridized carbons (Fsp3) is 0.812. The van der Waals surface area contributed by atoms with Crippen molar-refractivity contribution in [1.29, 1.82) is 0 Å². The van der Waals surface area contributed by atoms with Crippen molar-refractivity contribution < 1.29 is 31.4 Å². The molecular weight excluding hydrogens is 316 g/mol. The Morgan fingerprint density at radius 2 is 1.96 bits per heavy atom. The number of nitrogens with one attached hydrogen (secondary N) is 2. The third kappa shape index (κ3) is 6.84. The third-order valence-electron chi connectivity index (χ3n) is 3.43. The van der Waals surface area contributed by atoms with Crippen LogP contribution in [0.1, 0.15) is 36.5 Å². The predicted molar refractivity (Wildman–Crippen MR) is 90.4 cm³/mol. The van der Waals surface area contributed by atoms with Gasteiger partial charge in [0.1, 0.15) is 6.04 Å². The Labute approximate surface area is 145 Å². The molecule has 8 heteroatoms. The zero-order valence-corrected chi connectivity index (χ0v) is 14.8. The first-order chi connectivity index (χ1) is 11.4. The minimum absolute atomic E-state index is 0. The summed E-state index contributed by atoms with van der Waals surface area (Å²) < 4.78 is 14.8. The van der Waals surface area contributed by atoms with E-state index in [1.54, 1.807) is 14.0 Å². The Hall–Kier alpha value is -1.67. The maximum absolute atomic E-state index is 12.2. The summed E-state index contributed by atoms with van der Waals surface area (Å²) in [6, 6.07) is -0.660. The molecular formula is C16H32N2O6. The Kier molecular flexibility index (Phi) is 8.70. The summed E-state index contributed by atoms with van der Waals surface area (Å²) in [5.41, 5.74) is 0. The number of hydrogen-bond acceptors (Lipinski definition) is 6. The van der Waals surface area contributed by atoms with E-state index in [4.69, 9.17) is 14.2 Å². The van der Waals surface area contributed by atoms with Crippen LogP contribution in [-0.4, -0.2) is 62.9 Å². The smallest absolute Gasteiger partial charge is 0.338 e. The quantitative estimate of drug-likeness (QED) is 0.320. The summed E-state index contributed by atoms with van der Waals surface area (Å²) in [6.45, 7) is 6.87. The first-order valence-electron chi connectivity index (χ1n) is 8.29. The zero-order chi connectivity index (χ0) is 18.1. The Morgan fingerprint density at radius 1 is 1.25 bits per heavy atom. The molecule has 3 atom stereocenters. The standard InChI is InChI=1S/C16H28N2O6.2H2/c1-5-23-16(21)13-12(24-13)15(20)18-11(9-10(2)3)14(19)17-7-6-8-22-4;;/h10-13H,5-9H2,1-4H3,(H,17,19)(H,18,20);2*1H/t11?,12?,13-;;/m0../s1. The number of amides is 2. The first kappa shape index (κ1) is 20.4. The molecule has 1 saturated heterocycles. The second-order valence-electron chi connectivity index (χ2n) is 6.06. The minimum atomic E-state index is -0.875. The van der Waals surface area contributed by atoms with Crippen LogP contribution in [0.3, 0.4) is 0 Å². The fourth-order valence-corrected chi connectivity index (χ4v) is 2.22. The Morgan fingerprint density at radius 3 is 2.54 bits per heavy atom. The number of carbonyl (C=O) groups is 3. The monoisotopic (exact) mass is 348 g/mol. The van der Waals surface area contributed by atoms with E-state index >= 15 is 0 Å². The van der Waals surface area contributed by atoms with Gasteiger partial charge in [0.2, 0.25) is 5.91 Å². The molecule has 0 aliphatic carbocycles. The molecule has 24 heavy (non-hydrogen) atoms. The number of ether oxygens (including phenoxy) is 3. The molecule has 1 aliphatic heterocycles. The van der Waals surface area contributed by atoms with Gasteiger partial charge in [-0.3, -0.25) is 9.59 Å². The topological polar surface area (TPSA) is 106 Å². The lowest BCUT2D eigenvalue weighted by atomic mass is 10.0. The average Bonchev–Trinajstić information content (AvgIpc) is 3.31. The van der Waals surface area contributed by atoms with E-state index in [2.05, 4.69) is 10.6 Å². The van der Waals surface area contributed by atoms with Gasteiger partial charge in [-0.2, -0.15) is 0 Å². The van der Waals surface area contributed by atoms with Gasteiger partial charge < -0.3 is 24.8 Å². The van der Waals surface area contributed by atoms with Crippen LogP contribution in [0.5, 0.6) is 0 Å². The van der Waals surface area contributed by atoms with E-state index in [1.807, 2.05) is 13.8 Å². The lowest BCUT2D eigenvalue weighted by molar-refractivity contribution is -0.144. The maximum atomic E-state index is 12.2. The van der Waals surface area contributed by atoms with Crippen LogP contribution in [0.4, 0.5) is 0 Å². The van der Waals surface area contributed by atoms with Crippen LogP contribution in [-0.2, 0) is 28.6 Å². The minimum Gasteiger partial charge on any atom is -0.464 e. The van der Waals surface area contributed by atoms with Gasteiger partial charge in [-0.25, -0.2) is 4.79 Å². The van der Waals surface area contributed by atoms with Crippen molar-refractivity contribution in [1.82, 2.24) is 10.6 Å². The van der Waals surface area contributed by atoms with Crippen LogP contribution in [0.25, 0.3) is 0 Å². The molecule has 142 valence electrons. The van der Waals surface area contributed by atoms with Crippen LogP contribution >= 0.6 is 0 Å². The number of hydrogen-bond donors (Lipinski definition) is 2. The van der Waals surface area contributed by atoms with Crippen molar-refractivity contribution in [2.75, 3.05) is 26.9 Å². The highest BCUT2D eigenvalue weighted by Crippen LogP contribution is 2.24. The van der Waals surface area contributed by atoms with Gasteiger partial charge >= 0.3 is 5.97 Å². The van der Waals surface area contributed by atoms with Crippen molar-refractivity contribution in [3.8, 4) is 0 Å². The Balaban J connectivity index is 0. The molecule has 0 aromatic carbocycles. The highest BCUT2D eigenvalue weighted by atomic mass is 16.6. The van der Waals surface area contributed by atoms with E-state index in [9.17, 15) is 14.4 Å². The maximum Gasteiger partial charge on any atom is 0.338 e. The number of rotatable bonds is 11. The SMILES string of the molecule is CCOC(=O)[C@H]1OC1C(=O)NC(CC(C)C)C(=O)NCCCOC.[HH].[HH]. The second kappa shape index (κ2) is 10.2. The number of epoxide rings is 1. The van der Waals surface area contributed by atoms with Crippen LogP contribution in [0, 0.1) is 5.92 Å². The van der Waals surface area contributed by atoms with Crippen molar-refractivity contribution in [3.05, 3.63) is 0 Å². The summed E-state index contributed by atoms with van der Waals surface area (Å²) in [7, 11) is 1.60. The molecule has 1 fully saturated rings. The lowest BCUT2D eigenvalue weighted by Gasteiger charge is -2.19. The van der Waals surface area contributed by atoms with Gasteiger partial charge in [-0.1, -0.05) is 13.8 Å². The second-order valence-corrected chi connectivity index (χ2v) is 6.06. The van der Waals surface area contributed by atoms with Gasteiger partial charge in [0.05, 0.1) is 6.61 Å². The van der Waals surface area contributed by atoms with Gasteiger partial charge in [0, 0.05) is 23.1 Å². The van der Waals surface area contributed by atoms with Gasteiger partial charge in [0.15, 0.2) is 12.2 Å². The molecule has 0 saturated carbocycles. The van der Waals surface area contributed by atoms with Crippen LogP contribution in [0.2, 0.25) is 0 Å². The molecule has 0 spiro atoms. The van der Waals surface area contributed by atoms with E-state index in [-0.39, 0.29) is 21.3 Å². The number of esters is 1. The average molecular weight is 348 g/mol. The van der Waals surface area contributed by atoms with E-state index in [0.29, 0.717) is 26.0 Å². The molecule has 8 nitrogen and oxygen atoms in total. The summed E-state index contributed by atoms with van der Waals surface area (Å²) in [5.74, 6) is -1.05. The van der Waals surface area contributed by atoms with Crippen molar-refractivity contribution >= 4 is 17.8 Å². The molecule has 0 radical (unpaired) electrons. The molecule has 2 amide bonds. The lowest BCUT2D eigenvalue weighted by Crippen LogP contribution is -2.49. The molecule has 2 N–H and O–H groups in total. The molecule has 1 heterocycles. The summed E-state index contributed by atoms with van der Waals surface area (Å²) >= 11 is 0. The fourth-order valence-electron chi connectivity index (χ4n) is 2.22. The summed E-state index contributed by atoms with van der Waals surface area (Å²) in [6.07, 6.45) is -0.547. The normalized spacial score (nSPS) is 20.4. The van der Waals surface area contributed by atoms with Crippen LogP contribution < -0.4 is 10.6 Å². The highest BCUT2D eigenvalue weighted by Gasteiger charge is 2.52. The van der Waals surface area contributed by atoms with Crippen LogP contribution in [0.15, 0.2) is 0 Å². The van der Waals surface area contributed by atoms with E-state index < -0.39 is 30.1 Å². The van der Waals surface area contributed by atoms with Crippen molar-refractivity contribution in [2.45, 2.75) is 51.9 Å². The molecule has 0 aromatic heterocycles. The zero-order valence-electron chi connectivity index (χ0n) is 14.8. The molecule has 1 rings (SSSR count). The molecule has 2 unspecified atom stereocenters. The number of methoxy groups -OCH3 is 1. The van der Waals surface area contributed by atoms with Crippen molar-refractivity contribution in [2.24, 2.45) is 5.92 Å². The molecule has 0 aromatic rings. The third-order valence-corrected chi connectivity index (χ3v) is 3.43. The molecule has 0 bridgehead atoms. The Bertz CT molecular complexity index is 450. The van der Waals surface area contributed by atoms with Gasteiger partial charge in [0.25, 0.3) is 5.91 Å². The first-order valence-corrected chi connectivity index (χ1v) is 8.29. The largest absolute Gasteiger partial charge is 0.464 e.